The van der Waals surface area contributed by atoms with Crippen molar-refractivity contribution in [3.63, 3.8) is 0 Å². The summed E-state index contributed by atoms with van der Waals surface area (Å²) in [4.78, 5) is 4.71. The number of nitrogens with zero attached hydrogens (tertiary/aromatic N) is 3. The number of hydrogen-bond acceptors (Lipinski definition) is 5. The summed E-state index contributed by atoms with van der Waals surface area (Å²) in [5, 5.41) is 10.0. The number of nitriles is 1. The molecule has 2 aromatic rings. The minimum Gasteiger partial charge on any atom is -0.487 e. The second-order valence-electron chi connectivity index (χ2n) is 5.36. The molecular weight excluding hydrogens is 266 g/mol. The summed E-state index contributed by atoms with van der Waals surface area (Å²) in [6.45, 7) is 5.77. The van der Waals surface area contributed by atoms with Gasteiger partial charge >= 0.3 is 0 Å². The highest BCUT2D eigenvalue weighted by molar-refractivity contribution is 5.86. The van der Waals surface area contributed by atoms with E-state index in [2.05, 4.69) is 22.9 Å². The Labute approximate surface area is 124 Å². The first-order valence-corrected chi connectivity index (χ1v) is 7.23. The summed E-state index contributed by atoms with van der Waals surface area (Å²) < 4.78 is 11.3. The zero-order valence-electron chi connectivity index (χ0n) is 12.2. The van der Waals surface area contributed by atoms with Gasteiger partial charge in [-0.05, 0) is 19.2 Å². The highest BCUT2D eigenvalue weighted by atomic mass is 16.5. The van der Waals surface area contributed by atoms with Crippen molar-refractivity contribution in [1.29, 1.82) is 5.26 Å². The van der Waals surface area contributed by atoms with E-state index in [0.717, 1.165) is 38.1 Å². The fourth-order valence-electron chi connectivity index (χ4n) is 2.59. The lowest BCUT2D eigenvalue weighted by Gasteiger charge is -2.32. The van der Waals surface area contributed by atoms with E-state index in [1.807, 2.05) is 24.3 Å². The molecule has 1 aliphatic rings. The minimum atomic E-state index is 0.259. The highest BCUT2D eigenvalue weighted by Crippen LogP contribution is 2.32. The lowest BCUT2D eigenvalue weighted by molar-refractivity contribution is 0.134. The van der Waals surface area contributed by atoms with Gasteiger partial charge in [0.05, 0.1) is 5.39 Å². The normalized spacial score (nSPS) is 17.0. The lowest BCUT2D eigenvalue weighted by Crippen LogP contribution is -2.45. The number of hydrogen-bond donors (Lipinski definition) is 0. The maximum absolute atomic E-state index is 9.16. The average Bonchev–Trinajstić information content (AvgIpc) is 2.87. The monoisotopic (exact) mass is 285 g/mol. The average molecular weight is 285 g/mol. The van der Waals surface area contributed by atoms with Crippen molar-refractivity contribution >= 4 is 11.0 Å². The van der Waals surface area contributed by atoms with Crippen LogP contribution < -0.4 is 4.74 Å². The summed E-state index contributed by atoms with van der Waals surface area (Å²) in [5.74, 6) is 0.830. The summed E-state index contributed by atoms with van der Waals surface area (Å²) in [6, 6.07) is 9.65. The Kier molecular flexibility index (Phi) is 4.09. The molecule has 0 amide bonds. The first-order chi connectivity index (χ1) is 10.3. The van der Waals surface area contributed by atoms with Crippen LogP contribution in [0.2, 0.25) is 0 Å². The number of ether oxygens (including phenoxy) is 1. The number of likely N-dealkylation sites (N-methyl/N-ethyl adjacent to an activating group) is 1. The third-order valence-electron chi connectivity index (χ3n) is 3.90. The van der Waals surface area contributed by atoms with E-state index in [0.29, 0.717) is 17.9 Å². The van der Waals surface area contributed by atoms with Gasteiger partial charge in [-0.15, -0.1) is 0 Å². The van der Waals surface area contributed by atoms with Gasteiger partial charge in [-0.1, -0.05) is 12.1 Å². The van der Waals surface area contributed by atoms with Gasteiger partial charge in [-0.25, -0.2) is 0 Å². The van der Waals surface area contributed by atoms with Gasteiger partial charge in [-0.3, -0.25) is 4.90 Å². The van der Waals surface area contributed by atoms with Crippen LogP contribution >= 0.6 is 0 Å². The Morgan fingerprint density at radius 2 is 2.00 bits per heavy atom. The zero-order valence-corrected chi connectivity index (χ0v) is 12.2. The van der Waals surface area contributed by atoms with Gasteiger partial charge in [0.25, 0.3) is 0 Å². The number of piperazine rings is 1. The second-order valence-corrected chi connectivity index (χ2v) is 5.36. The molecule has 5 heteroatoms. The van der Waals surface area contributed by atoms with Crippen molar-refractivity contribution in [3.05, 3.63) is 30.0 Å². The molecule has 1 aromatic carbocycles. The number of rotatable bonds is 4. The van der Waals surface area contributed by atoms with Gasteiger partial charge < -0.3 is 14.1 Å². The molecule has 1 saturated heterocycles. The molecule has 110 valence electrons. The molecule has 0 aliphatic carbocycles. The van der Waals surface area contributed by atoms with Crippen LogP contribution in [-0.2, 0) is 0 Å². The third kappa shape index (κ3) is 3.02. The molecule has 0 atom stereocenters. The van der Waals surface area contributed by atoms with Crippen molar-refractivity contribution in [2.75, 3.05) is 46.4 Å². The summed E-state index contributed by atoms with van der Waals surface area (Å²) >= 11 is 0. The van der Waals surface area contributed by atoms with Gasteiger partial charge in [0, 0.05) is 32.7 Å². The Bertz CT molecular complexity index is 651. The molecular formula is C16H19N3O2. The largest absolute Gasteiger partial charge is 0.487 e. The van der Waals surface area contributed by atoms with Crippen molar-refractivity contribution in [1.82, 2.24) is 9.80 Å². The van der Waals surface area contributed by atoms with E-state index in [-0.39, 0.29) is 5.76 Å². The van der Waals surface area contributed by atoms with E-state index in [9.17, 15) is 0 Å². The molecule has 2 heterocycles. The Morgan fingerprint density at radius 1 is 1.24 bits per heavy atom. The van der Waals surface area contributed by atoms with Crippen LogP contribution in [0.15, 0.2) is 28.7 Å². The third-order valence-corrected chi connectivity index (χ3v) is 3.90. The lowest BCUT2D eigenvalue weighted by atomic mass is 10.2. The number of furan rings is 1. The van der Waals surface area contributed by atoms with E-state index in [1.165, 1.54) is 0 Å². The molecule has 1 aromatic heterocycles. The van der Waals surface area contributed by atoms with Crippen LogP contribution in [0, 0.1) is 11.3 Å². The molecule has 0 N–H and O–H groups in total. The SMILES string of the molecule is CN1CCN(CCOc2c(C#N)oc3ccccc23)CC1. The molecule has 0 unspecified atom stereocenters. The van der Waals surface area contributed by atoms with Crippen molar-refractivity contribution in [3.8, 4) is 11.8 Å². The van der Waals surface area contributed by atoms with Crippen molar-refractivity contribution < 1.29 is 9.15 Å². The Morgan fingerprint density at radius 3 is 2.76 bits per heavy atom. The minimum absolute atomic E-state index is 0.259. The molecule has 1 fully saturated rings. The zero-order chi connectivity index (χ0) is 14.7. The number of para-hydroxylation sites is 1. The Hall–Kier alpha value is -2.03. The summed E-state index contributed by atoms with van der Waals surface area (Å²) in [5.41, 5.74) is 0.698. The molecule has 5 nitrogen and oxygen atoms in total. The molecule has 3 rings (SSSR count). The number of benzene rings is 1. The van der Waals surface area contributed by atoms with E-state index in [1.54, 1.807) is 0 Å². The standard InChI is InChI=1S/C16H19N3O2/c1-18-6-8-19(9-7-18)10-11-20-16-13-4-2-3-5-14(13)21-15(16)12-17/h2-5H,6-11H2,1H3. The van der Waals surface area contributed by atoms with Gasteiger partial charge in [0.2, 0.25) is 5.76 Å². The van der Waals surface area contributed by atoms with Crippen LogP contribution in [0.1, 0.15) is 5.76 Å². The fourth-order valence-corrected chi connectivity index (χ4v) is 2.59. The van der Waals surface area contributed by atoms with Gasteiger partial charge in [-0.2, -0.15) is 5.26 Å². The molecule has 0 bridgehead atoms. The predicted octanol–water partition coefficient (Wildman–Crippen LogP) is 1.93. The molecule has 0 saturated carbocycles. The van der Waals surface area contributed by atoms with Crippen molar-refractivity contribution in [2.24, 2.45) is 0 Å². The van der Waals surface area contributed by atoms with E-state index >= 15 is 0 Å². The molecule has 21 heavy (non-hydrogen) atoms. The van der Waals surface area contributed by atoms with E-state index in [4.69, 9.17) is 14.4 Å². The van der Waals surface area contributed by atoms with Crippen LogP contribution in [0.4, 0.5) is 0 Å². The number of fused-ring (bicyclic) bond motifs is 1. The summed E-state index contributed by atoms with van der Waals surface area (Å²) in [6.07, 6.45) is 0. The topological polar surface area (TPSA) is 52.6 Å². The predicted molar refractivity (Wildman–Crippen MR) is 80.4 cm³/mol. The van der Waals surface area contributed by atoms with Gasteiger partial charge in [0.15, 0.2) is 5.75 Å². The van der Waals surface area contributed by atoms with Crippen LogP contribution in [-0.4, -0.2) is 56.2 Å². The molecule has 0 spiro atoms. The maximum atomic E-state index is 9.16. The van der Waals surface area contributed by atoms with E-state index < -0.39 is 0 Å². The highest BCUT2D eigenvalue weighted by Gasteiger charge is 2.17. The van der Waals surface area contributed by atoms with Crippen LogP contribution in [0.5, 0.6) is 5.75 Å². The smallest absolute Gasteiger partial charge is 0.246 e. The van der Waals surface area contributed by atoms with Gasteiger partial charge in [0.1, 0.15) is 18.3 Å². The first-order valence-electron chi connectivity index (χ1n) is 7.23. The first kappa shape index (κ1) is 13.9. The quantitative estimate of drug-likeness (QED) is 0.859. The van der Waals surface area contributed by atoms with Crippen LogP contribution in [0.3, 0.4) is 0 Å². The second kappa shape index (κ2) is 6.17. The summed E-state index contributed by atoms with van der Waals surface area (Å²) in [7, 11) is 2.14. The maximum Gasteiger partial charge on any atom is 0.246 e. The fraction of sp³-hybridized carbons (Fsp3) is 0.438. The Balaban J connectivity index is 1.64. The van der Waals surface area contributed by atoms with Crippen molar-refractivity contribution in [2.45, 2.75) is 0 Å². The molecule has 0 radical (unpaired) electrons. The molecule has 1 aliphatic heterocycles. The van der Waals surface area contributed by atoms with Crippen LogP contribution in [0.25, 0.3) is 11.0 Å².